The molecule has 0 bridgehead atoms. The molecule has 8 heteroatoms. The lowest BCUT2D eigenvalue weighted by Gasteiger charge is -2.45. The number of nitrogens with zero attached hydrogens (tertiary/aromatic N) is 3. The monoisotopic (exact) mass is 407 g/mol. The van der Waals surface area contributed by atoms with Crippen LogP contribution < -0.4 is 0 Å². The fourth-order valence-corrected chi connectivity index (χ4v) is 4.40. The smallest absolute Gasteiger partial charge is 0.410 e. The van der Waals surface area contributed by atoms with Crippen molar-refractivity contribution in [2.75, 3.05) is 39.3 Å². The van der Waals surface area contributed by atoms with Crippen molar-refractivity contribution in [1.82, 2.24) is 14.7 Å². The first-order chi connectivity index (χ1) is 13.6. The third-order valence-corrected chi connectivity index (χ3v) is 5.97. The summed E-state index contributed by atoms with van der Waals surface area (Å²) in [5, 5.41) is 0. The minimum atomic E-state index is -0.621. The van der Waals surface area contributed by atoms with Gasteiger partial charge in [0.2, 0.25) is 11.8 Å². The highest BCUT2D eigenvalue weighted by molar-refractivity contribution is 5.87. The molecule has 3 heterocycles. The molecule has 0 radical (unpaired) electrons. The lowest BCUT2D eigenvalue weighted by atomic mass is 9.92. The highest BCUT2D eigenvalue weighted by atomic mass is 16.6. The van der Waals surface area contributed by atoms with E-state index in [4.69, 9.17) is 9.47 Å². The molecular weight excluding hydrogens is 374 g/mol. The number of piperidine rings is 2. The van der Waals surface area contributed by atoms with Gasteiger partial charge in [0, 0.05) is 51.5 Å². The summed E-state index contributed by atoms with van der Waals surface area (Å²) in [6, 6.07) is 0. The van der Waals surface area contributed by atoms with Crippen molar-refractivity contribution >= 4 is 17.9 Å². The van der Waals surface area contributed by atoms with Gasteiger partial charge < -0.3 is 24.2 Å². The molecule has 0 N–H and O–H groups in total. The van der Waals surface area contributed by atoms with E-state index in [0.717, 1.165) is 0 Å². The summed E-state index contributed by atoms with van der Waals surface area (Å²) in [4.78, 5) is 42.7. The molecular formula is C21H33N3O5. The second-order valence-corrected chi connectivity index (χ2v) is 9.06. The van der Waals surface area contributed by atoms with E-state index in [1.807, 2.05) is 25.7 Å². The van der Waals surface area contributed by atoms with Crippen LogP contribution in [0.2, 0.25) is 0 Å². The van der Waals surface area contributed by atoms with Crippen molar-refractivity contribution in [1.29, 1.82) is 0 Å². The van der Waals surface area contributed by atoms with Crippen LogP contribution in [0, 0.1) is 5.92 Å². The highest BCUT2D eigenvalue weighted by Crippen LogP contribution is 2.37. The topological polar surface area (TPSA) is 79.4 Å². The van der Waals surface area contributed by atoms with Gasteiger partial charge in [-0.05, 0) is 39.7 Å². The van der Waals surface area contributed by atoms with E-state index in [1.165, 1.54) is 6.08 Å². The van der Waals surface area contributed by atoms with E-state index in [0.29, 0.717) is 65.0 Å². The molecule has 0 saturated carbocycles. The number of hydrogen-bond donors (Lipinski definition) is 0. The van der Waals surface area contributed by atoms with Crippen molar-refractivity contribution < 1.29 is 23.9 Å². The number of likely N-dealkylation sites (tertiary alicyclic amines) is 2. The Morgan fingerprint density at radius 2 is 1.66 bits per heavy atom. The third-order valence-electron chi connectivity index (χ3n) is 5.97. The van der Waals surface area contributed by atoms with Gasteiger partial charge in [0.15, 0.2) is 0 Å². The average Bonchev–Trinajstić information content (AvgIpc) is 3.09. The van der Waals surface area contributed by atoms with E-state index in [2.05, 4.69) is 6.58 Å². The number of carbonyl (C=O) groups is 3. The van der Waals surface area contributed by atoms with Crippen LogP contribution in [0.1, 0.15) is 46.5 Å². The normalized spacial score (nSPS) is 22.7. The molecule has 0 aromatic carbocycles. The first kappa shape index (κ1) is 21.6. The summed E-state index contributed by atoms with van der Waals surface area (Å²) >= 11 is 0. The minimum absolute atomic E-state index is 0.0774. The van der Waals surface area contributed by atoms with E-state index in [9.17, 15) is 14.4 Å². The SMILES string of the molecule is C=CC(=O)N1CCC(C(=O)N2CCOC23CCN(C(=O)OC(C)(C)C)CC3)CC1. The van der Waals surface area contributed by atoms with Gasteiger partial charge in [-0.15, -0.1) is 0 Å². The molecule has 3 saturated heterocycles. The number of ether oxygens (including phenoxy) is 2. The summed E-state index contributed by atoms with van der Waals surface area (Å²) in [5.74, 6) is -0.0587. The van der Waals surface area contributed by atoms with E-state index >= 15 is 0 Å². The quantitative estimate of drug-likeness (QED) is 0.654. The van der Waals surface area contributed by atoms with Crippen LogP contribution in [-0.4, -0.2) is 83.3 Å². The molecule has 3 fully saturated rings. The Hall–Kier alpha value is -2.09. The number of rotatable bonds is 2. The Balaban J connectivity index is 1.58. The highest BCUT2D eigenvalue weighted by Gasteiger charge is 2.49. The zero-order valence-electron chi connectivity index (χ0n) is 17.8. The standard InChI is InChI=1S/C21H33N3O5/c1-5-17(25)22-10-6-16(7-11-22)18(26)24-14-15-28-21(24)8-12-23(13-9-21)19(27)29-20(2,3)4/h5,16H,1,6-15H2,2-4H3. The Morgan fingerprint density at radius 1 is 1.03 bits per heavy atom. The van der Waals surface area contributed by atoms with Gasteiger partial charge in [0.25, 0.3) is 0 Å². The van der Waals surface area contributed by atoms with Gasteiger partial charge in [-0.25, -0.2) is 4.79 Å². The molecule has 3 aliphatic rings. The largest absolute Gasteiger partial charge is 0.444 e. The Bertz CT molecular complexity index is 656. The second kappa shape index (κ2) is 8.34. The van der Waals surface area contributed by atoms with Crippen LogP contribution in [0.3, 0.4) is 0 Å². The molecule has 0 aromatic rings. The van der Waals surface area contributed by atoms with Gasteiger partial charge in [0.05, 0.1) is 6.61 Å². The zero-order valence-corrected chi connectivity index (χ0v) is 17.8. The first-order valence-electron chi connectivity index (χ1n) is 10.5. The van der Waals surface area contributed by atoms with Crippen LogP contribution in [0.25, 0.3) is 0 Å². The minimum Gasteiger partial charge on any atom is -0.444 e. The van der Waals surface area contributed by atoms with Gasteiger partial charge in [-0.3, -0.25) is 9.59 Å². The van der Waals surface area contributed by atoms with Crippen molar-refractivity contribution in [3.05, 3.63) is 12.7 Å². The second-order valence-electron chi connectivity index (χ2n) is 9.06. The molecule has 3 rings (SSSR count). The van der Waals surface area contributed by atoms with Crippen molar-refractivity contribution in [3.63, 3.8) is 0 Å². The maximum absolute atomic E-state index is 13.2. The van der Waals surface area contributed by atoms with Crippen molar-refractivity contribution in [3.8, 4) is 0 Å². The summed E-state index contributed by atoms with van der Waals surface area (Å²) in [5.41, 5.74) is -1.15. The molecule has 0 atom stereocenters. The molecule has 29 heavy (non-hydrogen) atoms. The zero-order chi connectivity index (χ0) is 21.2. The molecule has 3 aliphatic heterocycles. The lowest BCUT2D eigenvalue weighted by Crippen LogP contribution is -2.57. The first-order valence-corrected chi connectivity index (χ1v) is 10.5. The summed E-state index contributed by atoms with van der Waals surface area (Å²) < 4.78 is 11.5. The summed E-state index contributed by atoms with van der Waals surface area (Å²) in [6.45, 7) is 12.4. The fourth-order valence-electron chi connectivity index (χ4n) is 4.40. The van der Waals surface area contributed by atoms with E-state index in [-0.39, 0.29) is 23.8 Å². The van der Waals surface area contributed by atoms with E-state index in [1.54, 1.807) is 9.80 Å². The van der Waals surface area contributed by atoms with Crippen LogP contribution in [0.5, 0.6) is 0 Å². The van der Waals surface area contributed by atoms with Gasteiger partial charge >= 0.3 is 6.09 Å². The Labute approximate surface area is 172 Å². The van der Waals surface area contributed by atoms with Crippen molar-refractivity contribution in [2.45, 2.75) is 57.8 Å². The summed E-state index contributed by atoms with van der Waals surface area (Å²) in [7, 11) is 0. The third kappa shape index (κ3) is 4.74. The van der Waals surface area contributed by atoms with Crippen LogP contribution in [-0.2, 0) is 19.1 Å². The molecule has 1 spiro atoms. The van der Waals surface area contributed by atoms with Gasteiger partial charge in [0.1, 0.15) is 11.3 Å². The molecule has 0 aliphatic carbocycles. The van der Waals surface area contributed by atoms with E-state index < -0.39 is 11.3 Å². The van der Waals surface area contributed by atoms with Crippen molar-refractivity contribution in [2.24, 2.45) is 5.92 Å². The fraction of sp³-hybridized carbons (Fsp3) is 0.762. The van der Waals surface area contributed by atoms with Gasteiger partial charge in [-0.1, -0.05) is 6.58 Å². The number of carbonyl (C=O) groups excluding carboxylic acids is 3. The Morgan fingerprint density at radius 3 is 2.21 bits per heavy atom. The van der Waals surface area contributed by atoms with Crippen LogP contribution >= 0.6 is 0 Å². The molecule has 8 nitrogen and oxygen atoms in total. The maximum Gasteiger partial charge on any atom is 0.410 e. The summed E-state index contributed by atoms with van der Waals surface area (Å²) in [6.07, 6.45) is 3.51. The average molecular weight is 408 g/mol. The molecule has 162 valence electrons. The lowest BCUT2D eigenvalue weighted by molar-refractivity contribution is -0.163. The van der Waals surface area contributed by atoms with Gasteiger partial charge in [-0.2, -0.15) is 0 Å². The number of hydrogen-bond acceptors (Lipinski definition) is 5. The van der Waals surface area contributed by atoms with Crippen LogP contribution in [0.15, 0.2) is 12.7 Å². The number of amides is 3. The maximum atomic E-state index is 13.2. The molecule has 0 aromatic heterocycles. The predicted octanol–water partition coefficient (Wildman–Crippen LogP) is 2.00. The molecule has 0 unspecified atom stereocenters. The Kier molecular flexibility index (Phi) is 6.22. The van der Waals surface area contributed by atoms with Crippen LogP contribution in [0.4, 0.5) is 4.79 Å². The molecule has 3 amide bonds. The predicted molar refractivity (Wildman–Crippen MR) is 107 cm³/mol.